The van der Waals surface area contributed by atoms with Crippen LogP contribution in [0.1, 0.15) is 5.69 Å². The average molecular weight is 177 g/mol. The summed E-state index contributed by atoms with van der Waals surface area (Å²) in [5.74, 6) is 5.62. The summed E-state index contributed by atoms with van der Waals surface area (Å²) >= 11 is 0. The van der Waals surface area contributed by atoms with Gasteiger partial charge in [-0.1, -0.05) is 0 Å². The highest BCUT2D eigenvalue weighted by Gasteiger charge is 2.10. The largest absolute Gasteiger partial charge is 0.398 e. The summed E-state index contributed by atoms with van der Waals surface area (Å²) in [6.45, 7) is 1.85. The normalized spacial score (nSPS) is 10.8. The van der Waals surface area contributed by atoms with E-state index in [4.69, 9.17) is 17.3 Å². The Morgan fingerprint density at radius 1 is 1.23 bits per heavy atom. The molecule has 6 N–H and O–H groups in total. The van der Waals surface area contributed by atoms with Gasteiger partial charge in [0.15, 0.2) is 0 Å². The molecule has 0 amide bonds. The third-order valence-corrected chi connectivity index (χ3v) is 2.09. The maximum absolute atomic E-state index is 5.77. The highest BCUT2D eigenvalue weighted by atomic mass is 15.5. The zero-order chi connectivity index (χ0) is 9.59. The predicted molar refractivity (Wildman–Crippen MR) is 53.4 cm³/mol. The van der Waals surface area contributed by atoms with Gasteiger partial charge < -0.3 is 17.3 Å². The van der Waals surface area contributed by atoms with Gasteiger partial charge in [0.2, 0.25) is 0 Å². The van der Waals surface area contributed by atoms with Crippen LogP contribution >= 0.6 is 0 Å². The van der Waals surface area contributed by atoms with Gasteiger partial charge in [0.1, 0.15) is 5.52 Å². The molecule has 0 fully saturated rings. The summed E-state index contributed by atoms with van der Waals surface area (Å²) in [6, 6.07) is 3.48. The number of hydrogen-bond donors (Lipinski definition) is 3. The molecule has 0 radical (unpaired) electrons. The molecule has 5 heteroatoms. The standard InChI is InChI=1S/C8H11N5/c1-4-7-5(9)2-3-6(10)8(7)13(11)12-4/h2-3H,9-11H2,1H3. The Kier molecular flexibility index (Phi) is 1.36. The van der Waals surface area contributed by atoms with Gasteiger partial charge in [-0.3, -0.25) is 0 Å². The number of anilines is 2. The molecule has 1 aromatic heterocycles. The third kappa shape index (κ3) is 0.900. The van der Waals surface area contributed by atoms with E-state index in [0.29, 0.717) is 16.9 Å². The van der Waals surface area contributed by atoms with Crippen LogP contribution < -0.4 is 17.3 Å². The number of nitrogen functional groups attached to an aromatic ring is 3. The SMILES string of the molecule is Cc1nn(N)c2c(N)ccc(N)c12. The number of hydrogen-bond acceptors (Lipinski definition) is 4. The lowest BCUT2D eigenvalue weighted by atomic mass is 10.1. The van der Waals surface area contributed by atoms with Gasteiger partial charge >= 0.3 is 0 Å². The van der Waals surface area contributed by atoms with Crippen molar-refractivity contribution in [3.05, 3.63) is 17.8 Å². The van der Waals surface area contributed by atoms with Gasteiger partial charge in [0, 0.05) is 5.69 Å². The molecule has 13 heavy (non-hydrogen) atoms. The van der Waals surface area contributed by atoms with Crippen LogP contribution in [0.3, 0.4) is 0 Å². The van der Waals surface area contributed by atoms with E-state index >= 15 is 0 Å². The first kappa shape index (κ1) is 7.72. The topological polar surface area (TPSA) is 95.9 Å². The minimum atomic E-state index is 0.590. The summed E-state index contributed by atoms with van der Waals surface area (Å²) in [4.78, 5) is 1.26. The van der Waals surface area contributed by atoms with Gasteiger partial charge in [-0.2, -0.15) is 9.89 Å². The van der Waals surface area contributed by atoms with Crippen molar-refractivity contribution in [3.8, 4) is 0 Å². The Morgan fingerprint density at radius 3 is 2.46 bits per heavy atom. The minimum absolute atomic E-state index is 0.590. The molecule has 1 aromatic carbocycles. The van der Waals surface area contributed by atoms with Gasteiger partial charge in [-0.05, 0) is 19.1 Å². The van der Waals surface area contributed by atoms with Crippen molar-refractivity contribution in [2.24, 2.45) is 0 Å². The molecule has 0 spiro atoms. The van der Waals surface area contributed by atoms with Crippen molar-refractivity contribution in [2.45, 2.75) is 6.92 Å². The molecular formula is C8H11N5. The molecule has 2 aromatic rings. The monoisotopic (exact) mass is 177 g/mol. The summed E-state index contributed by atoms with van der Waals surface area (Å²) in [7, 11) is 0. The molecule has 0 aliphatic carbocycles. The number of fused-ring (bicyclic) bond motifs is 1. The molecule has 2 rings (SSSR count). The maximum Gasteiger partial charge on any atom is 0.117 e. The lowest BCUT2D eigenvalue weighted by Crippen LogP contribution is -2.10. The maximum atomic E-state index is 5.77. The second kappa shape index (κ2) is 2.29. The highest BCUT2D eigenvalue weighted by molar-refractivity contribution is 5.99. The van der Waals surface area contributed by atoms with Crippen molar-refractivity contribution >= 4 is 22.3 Å². The smallest absolute Gasteiger partial charge is 0.117 e. The lowest BCUT2D eigenvalue weighted by molar-refractivity contribution is 0.845. The first-order valence-corrected chi connectivity index (χ1v) is 3.89. The molecule has 0 saturated carbocycles. The van der Waals surface area contributed by atoms with Gasteiger partial charge in [-0.25, -0.2) is 0 Å². The number of nitrogens with zero attached hydrogens (tertiary/aromatic N) is 2. The fourth-order valence-corrected chi connectivity index (χ4v) is 1.51. The predicted octanol–water partition coefficient (Wildman–Crippen LogP) is 0.223. The number of rotatable bonds is 0. The molecule has 0 atom stereocenters. The first-order chi connectivity index (χ1) is 6.11. The van der Waals surface area contributed by atoms with Crippen LogP contribution in [0.25, 0.3) is 10.9 Å². The molecule has 0 aliphatic heterocycles. The van der Waals surface area contributed by atoms with Gasteiger partial charge in [-0.15, -0.1) is 0 Å². The van der Waals surface area contributed by atoms with E-state index in [1.165, 1.54) is 4.79 Å². The van der Waals surface area contributed by atoms with Crippen molar-refractivity contribution in [1.82, 2.24) is 9.89 Å². The van der Waals surface area contributed by atoms with E-state index in [0.717, 1.165) is 11.1 Å². The molecule has 5 nitrogen and oxygen atoms in total. The van der Waals surface area contributed by atoms with Crippen molar-refractivity contribution in [2.75, 3.05) is 17.3 Å². The average Bonchev–Trinajstić information content (AvgIpc) is 2.36. The quantitative estimate of drug-likeness (QED) is 0.396. The number of aryl methyl sites for hydroxylation is 1. The van der Waals surface area contributed by atoms with Crippen molar-refractivity contribution in [1.29, 1.82) is 0 Å². The first-order valence-electron chi connectivity index (χ1n) is 3.89. The van der Waals surface area contributed by atoms with E-state index in [-0.39, 0.29) is 0 Å². The van der Waals surface area contributed by atoms with Crippen molar-refractivity contribution in [3.63, 3.8) is 0 Å². The molecular weight excluding hydrogens is 166 g/mol. The van der Waals surface area contributed by atoms with E-state index in [1.807, 2.05) is 6.92 Å². The van der Waals surface area contributed by atoms with E-state index in [1.54, 1.807) is 12.1 Å². The molecule has 68 valence electrons. The summed E-state index contributed by atoms with van der Waals surface area (Å²) in [5.41, 5.74) is 14.2. The summed E-state index contributed by atoms with van der Waals surface area (Å²) in [5, 5.41) is 4.88. The van der Waals surface area contributed by atoms with Gasteiger partial charge in [0.25, 0.3) is 0 Å². The van der Waals surface area contributed by atoms with Crippen LogP contribution in [0.2, 0.25) is 0 Å². The second-order valence-corrected chi connectivity index (χ2v) is 3.00. The van der Waals surface area contributed by atoms with Gasteiger partial charge in [0.05, 0.1) is 16.8 Å². The Morgan fingerprint density at radius 2 is 1.85 bits per heavy atom. The van der Waals surface area contributed by atoms with Crippen LogP contribution in [0.5, 0.6) is 0 Å². The Balaban J connectivity index is 3.03. The molecule has 0 aliphatic rings. The molecule has 0 saturated heterocycles. The van der Waals surface area contributed by atoms with Crippen molar-refractivity contribution < 1.29 is 0 Å². The van der Waals surface area contributed by atoms with Crippen LogP contribution in [0.4, 0.5) is 11.4 Å². The zero-order valence-electron chi connectivity index (χ0n) is 7.28. The summed E-state index contributed by atoms with van der Waals surface area (Å²) < 4.78 is 0. The number of nitrogens with two attached hydrogens (primary N) is 3. The fourth-order valence-electron chi connectivity index (χ4n) is 1.51. The van der Waals surface area contributed by atoms with E-state index in [2.05, 4.69) is 5.10 Å². The Labute approximate surface area is 75.1 Å². The minimum Gasteiger partial charge on any atom is -0.398 e. The summed E-state index contributed by atoms with van der Waals surface area (Å²) in [6.07, 6.45) is 0. The number of aromatic nitrogens is 2. The van der Waals surface area contributed by atoms with Crippen LogP contribution in [0.15, 0.2) is 12.1 Å². The second-order valence-electron chi connectivity index (χ2n) is 3.00. The lowest BCUT2D eigenvalue weighted by Gasteiger charge is -2.00. The Bertz CT molecular complexity index is 429. The van der Waals surface area contributed by atoms with Crippen LogP contribution in [-0.2, 0) is 0 Å². The zero-order valence-corrected chi connectivity index (χ0v) is 7.28. The number of benzene rings is 1. The Hall–Kier alpha value is -1.91. The molecule has 1 heterocycles. The molecule has 0 unspecified atom stereocenters. The fraction of sp³-hybridized carbons (Fsp3) is 0.125. The van der Waals surface area contributed by atoms with Crippen LogP contribution in [0, 0.1) is 6.92 Å². The van der Waals surface area contributed by atoms with E-state index in [9.17, 15) is 0 Å². The highest BCUT2D eigenvalue weighted by Crippen LogP contribution is 2.27. The molecule has 0 bridgehead atoms. The van der Waals surface area contributed by atoms with E-state index < -0.39 is 0 Å². The third-order valence-electron chi connectivity index (χ3n) is 2.09. The van der Waals surface area contributed by atoms with Crippen LogP contribution in [-0.4, -0.2) is 9.89 Å².